The Bertz CT molecular complexity index is 896. The van der Waals surface area contributed by atoms with Crippen molar-refractivity contribution >= 4 is 22.5 Å². The van der Waals surface area contributed by atoms with Crippen LogP contribution >= 0.6 is 0 Å². The molecule has 1 saturated heterocycles. The number of hydrogen-bond acceptors (Lipinski definition) is 4. The second kappa shape index (κ2) is 7.07. The minimum absolute atomic E-state index is 0.183. The van der Waals surface area contributed by atoms with Crippen LogP contribution in [-0.4, -0.2) is 54.3 Å². The summed E-state index contributed by atoms with van der Waals surface area (Å²) < 4.78 is 5.21. The topological polar surface area (TPSA) is 61.5 Å². The average molecular weight is 350 g/mol. The molecule has 4 rings (SSSR count). The summed E-state index contributed by atoms with van der Waals surface area (Å²) in [7, 11) is 1.67. The van der Waals surface area contributed by atoms with Crippen molar-refractivity contribution < 1.29 is 9.53 Å². The van der Waals surface area contributed by atoms with Crippen molar-refractivity contribution in [3.05, 3.63) is 54.2 Å². The number of benzene rings is 2. The number of piperazine rings is 1. The second-order valence-electron chi connectivity index (χ2n) is 6.53. The zero-order valence-corrected chi connectivity index (χ0v) is 14.8. The van der Waals surface area contributed by atoms with E-state index in [0.717, 1.165) is 48.4 Å². The molecule has 1 aliphatic heterocycles. The lowest BCUT2D eigenvalue weighted by atomic mass is 10.1. The number of carbonyl (C=O) groups is 1. The minimum Gasteiger partial charge on any atom is -0.497 e. The number of ether oxygens (including phenoxy) is 1. The summed E-state index contributed by atoms with van der Waals surface area (Å²) in [5, 5.41) is 8.00. The molecule has 1 aromatic heterocycles. The second-order valence-corrected chi connectivity index (χ2v) is 6.53. The van der Waals surface area contributed by atoms with Crippen molar-refractivity contribution in [3.63, 3.8) is 0 Å². The molecule has 2 heterocycles. The molecule has 26 heavy (non-hydrogen) atoms. The summed E-state index contributed by atoms with van der Waals surface area (Å²) >= 11 is 0. The summed E-state index contributed by atoms with van der Waals surface area (Å²) in [5.74, 6) is 1.04. The molecule has 1 fully saturated rings. The number of anilines is 1. The summed E-state index contributed by atoms with van der Waals surface area (Å²) in [6, 6.07) is 14.1. The monoisotopic (exact) mass is 350 g/mol. The van der Waals surface area contributed by atoms with Crippen molar-refractivity contribution in [2.24, 2.45) is 0 Å². The van der Waals surface area contributed by atoms with Gasteiger partial charge in [0.25, 0.3) is 0 Å². The van der Waals surface area contributed by atoms with Crippen LogP contribution in [0.3, 0.4) is 0 Å². The number of fused-ring (bicyclic) bond motifs is 1. The Hall–Kier alpha value is -3.02. The van der Waals surface area contributed by atoms with Gasteiger partial charge in [0.05, 0.1) is 25.2 Å². The highest BCUT2D eigenvalue weighted by Crippen LogP contribution is 2.21. The smallest absolute Gasteiger partial charge is 0.227 e. The maximum atomic E-state index is 12.6. The normalized spacial score (nSPS) is 14.7. The van der Waals surface area contributed by atoms with Crippen LogP contribution < -0.4 is 9.64 Å². The number of methoxy groups -OCH3 is 1. The summed E-state index contributed by atoms with van der Waals surface area (Å²) in [6.07, 6.45) is 2.22. The number of rotatable bonds is 4. The van der Waals surface area contributed by atoms with E-state index in [1.54, 1.807) is 13.3 Å². The van der Waals surface area contributed by atoms with Crippen LogP contribution in [0, 0.1) is 0 Å². The van der Waals surface area contributed by atoms with E-state index in [2.05, 4.69) is 27.2 Å². The third-order valence-electron chi connectivity index (χ3n) is 4.93. The number of carbonyl (C=O) groups excluding carboxylic acids is 1. The summed E-state index contributed by atoms with van der Waals surface area (Å²) in [4.78, 5) is 16.9. The first-order valence-corrected chi connectivity index (χ1v) is 8.82. The van der Waals surface area contributed by atoms with Crippen LogP contribution in [-0.2, 0) is 11.2 Å². The molecule has 2 aromatic carbocycles. The molecule has 0 atom stereocenters. The molecule has 1 amide bonds. The highest BCUT2D eigenvalue weighted by Gasteiger charge is 2.21. The van der Waals surface area contributed by atoms with Gasteiger partial charge in [-0.25, -0.2) is 0 Å². The number of amides is 1. The van der Waals surface area contributed by atoms with Gasteiger partial charge >= 0.3 is 0 Å². The van der Waals surface area contributed by atoms with Gasteiger partial charge in [0.1, 0.15) is 5.75 Å². The zero-order valence-electron chi connectivity index (χ0n) is 14.8. The van der Waals surface area contributed by atoms with Gasteiger partial charge in [-0.1, -0.05) is 6.07 Å². The van der Waals surface area contributed by atoms with Crippen molar-refractivity contribution in [2.75, 3.05) is 38.2 Å². The van der Waals surface area contributed by atoms with Crippen molar-refractivity contribution in [1.82, 2.24) is 15.1 Å². The highest BCUT2D eigenvalue weighted by atomic mass is 16.5. The molecule has 0 saturated carbocycles. The van der Waals surface area contributed by atoms with Gasteiger partial charge in [0, 0.05) is 37.3 Å². The number of hydrogen-bond donors (Lipinski definition) is 1. The fourth-order valence-corrected chi connectivity index (χ4v) is 3.40. The van der Waals surface area contributed by atoms with Gasteiger partial charge in [-0.05, 0) is 42.0 Å². The predicted octanol–water partition coefficient (Wildman–Crippen LogP) is 2.46. The van der Waals surface area contributed by atoms with Crippen LogP contribution in [0.25, 0.3) is 10.9 Å². The first kappa shape index (κ1) is 16.4. The van der Waals surface area contributed by atoms with E-state index >= 15 is 0 Å². The fourth-order valence-electron chi connectivity index (χ4n) is 3.40. The first-order chi connectivity index (χ1) is 12.7. The number of nitrogens with one attached hydrogen (secondary N) is 1. The number of H-pyrrole nitrogens is 1. The standard InChI is InChI=1S/C20H22N4O2/c1-26-18-5-3-17(4-6-18)23-8-10-24(11-9-23)20(25)13-15-2-7-19-16(12-15)14-21-22-19/h2-7,12,14H,8-11,13H2,1H3,(H,21,22). The van der Waals surface area contributed by atoms with Gasteiger partial charge in [-0.2, -0.15) is 5.10 Å². The van der Waals surface area contributed by atoms with Crippen LogP contribution in [0.4, 0.5) is 5.69 Å². The van der Waals surface area contributed by atoms with E-state index in [1.807, 2.05) is 35.2 Å². The van der Waals surface area contributed by atoms with E-state index in [0.29, 0.717) is 6.42 Å². The Labute approximate surface area is 152 Å². The predicted molar refractivity (Wildman–Crippen MR) is 102 cm³/mol. The molecule has 0 radical (unpaired) electrons. The van der Waals surface area contributed by atoms with Crippen LogP contribution in [0.5, 0.6) is 5.75 Å². The van der Waals surface area contributed by atoms with E-state index in [4.69, 9.17) is 4.74 Å². The highest BCUT2D eigenvalue weighted by molar-refractivity contribution is 5.83. The maximum absolute atomic E-state index is 12.6. The molecule has 6 heteroatoms. The lowest BCUT2D eigenvalue weighted by Crippen LogP contribution is -2.49. The fraction of sp³-hybridized carbons (Fsp3) is 0.300. The van der Waals surface area contributed by atoms with Crippen molar-refractivity contribution in [1.29, 1.82) is 0 Å². The Kier molecular flexibility index (Phi) is 4.48. The van der Waals surface area contributed by atoms with Crippen molar-refractivity contribution in [3.8, 4) is 5.75 Å². The lowest BCUT2D eigenvalue weighted by molar-refractivity contribution is -0.130. The number of aromatic nitrogens is 2. The molecular weight excluding hydrogens is 328 g/mol. The molecule has 1 N–H and O–H groups in total. The molecular formula is C20H22N4O2. The largest absolute Gasteiger partial charge is 0.497 e. The van der Waals surface area contributed by atoms with Crippen molar-refractivity contribution in [2.45, 2.75) is 6.42 Å². The van der Waals surface area contributed by atoms with Gasteiger partial charge in [-0.3, -0.25) is 9.89 Å². The van der Waals surface area contributed by atoms with E-state index in [-0.39, 0.29) is 5.91 Å². The molecule has 134 valence electrons. The van der Waals surface area contributed by atoms with Gasteiger partial charge in [0.15, 0.2) is 0 Å². The Morgan fingerprint density at radius 3 is 2.62 bits per heavy atom. The van der Waals surface area contributed by atoms with Crippen LogP contribution in [0.15, 0.2) is 48.7 Å². The Morgan fingerprint density at radius 2 is 1.88 bits per heavy atom. The maximum Gasteiger partial charge on any atom is 0.227 e. The molecule has 6 nitrogen and oxygen atoms in total. The number of nitrogens with zero attached hydrogens (tertiary/aromatic N) is 3. The molecule has 0 aliphatic carbocycles. The summed E-state index contributed by atoms with van der Waals surface area (Å²) in [5.41, 5.74) is 3.19. The molecule has 3 aromatic rings. The lowest BCUT2D eigenvalue weighted by Gasteiger charge is -2.36. The van der Waals surface area contributed by atoms with Crippen LogP contribution in [0.1, 0.15) is 5.56 Å². The molecule has 0 unspecified atom stereocenters. The summed E-state index contributed by atoms with van der Waals surface area (Å²) in [6.45, 7) is 3.19. The Balaban J connectivity index is 1.35. The minimum atomic E-state index is 0.183. The molecule has 1 aliphatic rings. The van der Waals surface area contributed by atoms with Gasteiger partial charge < -0.3 is 14.5 Å². The van der Waals surface area contributed by atoms with E-state index in [9.17, 15) is 4.79 Å². The quantitative estimate of drug-likeness (QED) is 0.785. The first-order valence-electron chi connectivity index (χ1n) is 8.82. The SMILES string of the molecule is COc1ccc(N2CCN(C(=O)Cc3ccc4[nH]ncc4c3)CC2)cc1. The molecule has 0 spiro atoms. The van der Waals surface area contributed by atoms with Gasteiger partial charge in [-0.15, -0.1) is 0 Å². The molecule has 0 bridgehead atoms. The number of aromatic amines is 1. The van der Waals surface area contributed by atoms with Gasteiger partial charge in [0.2, 0.25) is 5.91 Å². The third kappa shape index (κ3) is 3.35. The van der Waals surface area contributed by atoms with E-state index < -0.39 is 0 Å². The Morgan fingerprint density at radius 1 is 1.12 bits per heavy atom. The van der Waals surface area contributed by atoms with E-state index in [1.165, 1.54) is 5.69 Å². The average Bonchev–Trinajstić information content (AvgIpc) is 3.16. The van der Waals surface area contributed by atoms with Crippen LogP contribution in [0.2, 0.25) is 0 Å². The zero-order chi connectivity index (χ0) is 17.9. The third-order valence-corrected chi connectivity index (χ3v) is 4.93.